The summed E-state index contributed by atoms with van der Waals surface area (Å²) < 4.78 is 0.838. The smallest absolute Gasteiger partial charge is 0.270 e. The third kappa shape index (κ3) is 2.89. The van der Waals surface area contributed by atoms with Gasteiger partial charge in [-0.2, -0.15) is 0 Å². The highest BCUT2D eigenvalue weighted by atomic mass is 79.9. The van der Waals surface area contributed by atoms with Crippen molar-refractivity contribution in [3.8, 4) is 0 Å². The van der Waals surface area contributed by atoms with Crippen LogP contribution in [0.5, 0.6) is 0 Å². The monoisotopic (exact) mass is 359 g/mol. The molecule has 0 saturated carbocycles. The minimum atomic E-state index is -0.467. The van der Waals surface area contributed by atoms with Crippen LogP contribution in [0.1, 0.15) is 12.0 Å². The first-order chi connectivity index (χ1) is 10.5. The topological polar surface area (TPSA) is 84.6 Å². The number of non-ortho nitro benzene ring substituents is 1. The van der Waals surface area contributed by atoms with Crippen LogP contribution in [-0.4, -0.2) is 16.5 Å². The van der Waals surface area contributed by atoms with Crippen molar-refractivity contribution in [3.05, 3.63) is 62.6 Å². The van der Waals surface area contributed by atoms with Gasteiger partial charge in [-0.25, -0.2) is 0 Å². The Bertz CT molecular complexity index is 817. The van der Waals surface area contributed by atoms with Crippen molar-refractivity contribution in [2.24, 2.45) is 4.99 Å². The molecular formula is C15H10BrN3O3. The number of hydrogen-bond donors (Lipinski definition) is 1. The zero-order valence-corrected chi connectivity index (χ0v) is 12.8. The Labute approximate surface area is 134 Å². The van der Waals surface area contributed by atoms with E-state index in [-0.39, 0.29) is 18.0 Å². The number of benzene rings is 2. The molecule has 0 atom stereocenters. The van der Waals surface area contributed by atoms with E-state index in [9.17, 15) is 14.9 Å². The van der Waals surface area contributed by atoms with E-state index in [2.05, 4.69) is 26.2 Å². The van der Waals surface area contributed by atoms with Crippen LogP contribution >= 0.6 is 15.9 Å². The summed E-state index contributed by atoms with van der Waals surface area (Å²) in [5.41, 5.74) is 2.27. The maximum absolute atomic E-state index is 12.0. The van der Waals surface area contributed by atoms with Crippen LogP contribution in [0.25, 0.3) is 0 Å². The fraction of sp³-hybridized carbons (Fsp3) is 0.0667. The van der Waals surface area contributed by atoms with Crippen LogP contribution in [-0.2, 0) is 4.79 Å². The van der Waals surface area contributed by atoms with Gasteiger partial charge in [0.2, 0.25) is 5.91 Å². The second-order valence-electron chi connectivity index (χ2n) is 4.75. The second kappa shape index (κ2) is 5.69. The van der Waals surface area contributed by atoms with Gasteiger partial charge >= 0.3 is 0 Å². The van der Waals surface area contributed by atoms with Gasteiger partial charge in [-0.3, -0.25) is 19.9 Å². The number of carbonyl (C=O) groups excluding carboxylic acids is 1. The van der Waals surface area contributed by atoms with Crippen molar-refractivity contribution >= 4 is 44.6 Å². The molecule has 6 nitrogen and oxygen atoms in total. The molecule has 3 rings (SSSR count). The van der Waals surface area contributed by atoms with Crippen molar-refractivity contribution in [1.29, 1.82) is 0 Å². The predicted octanol–water partition coefficient (Wildman–Crippen LogP) is 3.82. The highest BCUT2D eigenvalue weighted by Crippen LogP contribution is 2.32. The van der Waals surface area contributed by atoms with Gasteiger partial charge in [0.05, 0.1) is 28.4 Å². The number of fused-ring (bicyclic) bond motifs is 1. The number of nitro benzene ring substituents is 1. The second-order valence-corrected chi connectivity index (χ2v) is 5.67. The van der Waals surface area contributed by atoms with E-state index in [4.69, 9.17) is 0 Å². The van der Waals surface area contributed by atoms with Crippen LogP contribution in [0.4, 0.5) is 17.1 Å². The first-order valence-electron chi connectivity index (χ1n) is 6.45. The van der Waals surface area contributed by atoms with Gasteiger partial charge < -0.3 is 5.32 Å². The fourth-order valence-corrected chi connectivity index (χ4v) is 2.55. The molecule has 1 aliphatic heterocycles. The lowest BCUT2D eigenvalue weighted by atomic mass is 10.1. The molecule has 22 heavy (non-hydrogen) atoms. The van der Waals surface area contributed by atoms with Gasteiger partial charge in [-0.1, -0.05) is 28.1 Å². The third-order valence-electron chi connectivity index (χ3n) is 3.21. The maximum atomic E-state index is 12.0. The summed E-state index contributed by atoms with van der Waals surface area (Å²) in [4.78, 5) is 26.9. The van der Waals surface area contributed by atoms with E-state index in [0.29, 0.717) is 22.6 Å². The van der Waals surface area contributed by atoms with Gasteiger partial charge in [-0.05, 0) is 18.2 Å². The highest BCUT2D eigenvalue weighted by molar-refractivity contribution is 9.10. The minimum Gasteiger partial charge on any atom is -0.324 e. The van der Waals surface area contributed by atoms with E-state index in [0.717, 1.165) is 4.47 Å². The Morgan fingerprint density at radius 3 is 2.82 bits per heavy atom. The first-order valence-corrected chi connectivity index (χ1v) is 7.24. The van der Waals surface area contributed by atoms with Gasteiger partial charge in [0.25, 0.3) is 5.69 Å². The summed E-state index contributed by atoms with van der Waals surface area (Å²) in [6.45, 7) is 0. The lowest BCUT2D eigenvalue weighted by Gasteiger charge is -2.04. The number of nitro groups is 1. The molecule has 0 radical (unpaired) electrons. The molecular weight excluding hydrogens is 350 g/mol. The average Bonchev–Trinajstić information content (AvgIpc) is 2.65. The van der Waals surface area contributed by atoms with Gasteiger partial charge in [0.15, 0.2) is 0 Å². The van der Waals surface area contributed by atoms with Crippen molar-refractivity contribution in [3.63, 3.8) is 0 Å². The molecule has 0 aliphatic carbocycles. The van der Waals surface area contributed by atoms with Gasteiger partial charge in [0.1, 0.15) is 0 Å². The molecule has 0 saturated heterocycles. The number of aliphatic imine (C=N–C) groups is 1. The van der Waals surface area contributed by atoms with Crippen molar-refractivity contribution in [2.75, 3.05) is 5.32 Å². The minimum absolute atomic E-state index is 0.0284. The molecule has 1 N–H and O–H groups in total. The summed E-state index contributed by atoms with van der Waals surface area (Å²) in [5, 5.41) is 13.7. The molecule has 1 amide bonds. The zero-order chi connectivity index (χ0) is 15.7. The summed E-state index contributed by atoms with van der Waals surface area (Å²) >= 11 is 3.37. The highest BCUT2D eigenvalue weighted by Gasteiger charge is 2.18. The van der Waals surface area contributed by atoms with Gasteiger partial charge in [0, 0.05) is 22.2 Å². The van der Waals surface area contributed by atoms with Crippen LogP contribution in [0.3, 0.4) is 0 Å². The molecule has 0 fully saturated rings. The lowest BCUT2D eigenvalue weighted by Crippen LogP contribution is -2.15. The van der Waals surface area contributed by atoms with Crippen molar-refractivity contribution in [2.45, 2.75) is 6.42 Å². The number of amides is 1. The van der Waals surface area contributed by atoms with Gasteiger partial charge in [-0.15, -0.1) is 0 Å². The number of hydrogen-bond acceptors (Lipinski definition) is 4. The standard InChI is InChI=1S/C15H10BrN3O3/c16-10-4-5-12-14(7-10)17-13(8-15(20)18-12)9-2-1-3-11(6-9)19(21)22/h1-7H,8H2,(H,18,20). The Morgan fingerprint density at radius 1 is 1.23 bits per heavy atom. The molecule has 0 spiro atoms. The van der Waals surface area contributed by atoms with Crippen LogP contribution < -0.4 is 5.32 Å². The number of nitrogens with one attached hydrogen (secondary N) is 1. The van der Waals surface area contributed by atoms with Crippen molar-refractivity contribution in [1.82, 2.24) is 0 Å². The van der Waals surface area contributed by atoms with Crippen molar-refractivity contribution < 1.29 is 9.72 Å². The Balaban J connectivity index is 2.11. The van der Waals surface area contributed by atoms with Crippen LogP contribution in [0.2, 0.25) is 0 Å². The predicted molar refractivity (Wildman–Crippen MR) is 86.7 cm³/mol. The number of nitrogens with zero attached hydrogens (tertiary/aromatic N) is 2. The summed E-state index contributed by atoms with van der Waals surface area (Å²) in [6, 6.07) is 11.5. The largest absolute Gasteiger partial charge is 0.324 e. The first kappa shape index (κ1) is 14.4. The third-order valence-corrected chi connectivity index (χ3v) is 3.70. The quantitative estimate of drug-likeness (QED) is 0.653. The number of carbonyl (C=O) groups is 1. The molecule has 1 aliphatic rings. The molecule has 0 aromatic heterocycles. The van der Waals surface area contributed by atoms with E-state index in [1.54, 1.807) is 24.3 Å². The fourth-order valence-electron chi connectivity index (χ4n) is 2.20. The number of halogens is 1. The van der Waals surface area contributed by atoms with E-state index in [1.165, 1.54) is 12.1 Å². The Kier molecular flexibility index (Phi) is 3.72. The Morgan fingerprint density at radius 2 is 2.05 bits per heavy atom. The lowest BCUT2D eigenvalue weighted by molar-refractivity contribution is -0.384. The average molecular weight is 360 g/mol. The van der Waals surface area contributed by atoms with E-state index in [1.807, 2.05) is 6.07 Å². The molecule has 2 aromatic rings. The molecule has 110 valence electrons. The normalized spacial score (nSPS) is 13.7. The SMILES string of the molecule is O=C1CC(c2cccc([N+](=O)[O-])c2)=Nc2cc(Br)ccc2N1. The molecule has 2 aromatic carbocycles. The number of rotatable bonds is 2. The van der Waals surface area contributed by atoms with Crippen LogP contribution in [0.15, 0.2) is 51.9 Å². The van der Waals surface area contributed by atoms with Crippen LogP contribution in [0, 0.1) is 10.1 Å². The molecule has 7 heteroatoms. The molecule has 0 unspecified atom stereocenters. The maximum Gasteiger partial charge on any atom is 0.270 e. The summed E-state index contributed by atoms with van der Waals surface area (Å²) in [5.74, 6) is -0.202. The Hall–Kier alpha value is -2.54. The number of anilines is 1. The zero-order valence-electron chi connectivity index (χ0n) is 11.2. The molecule has 0 bridgehead atoms. The summed E-state index contributed by atoms with van der Waals surface area (Å²) in [6.07, 6.45) is 0.0630. The summed E-state index contributed by atoms with van der Waals surface area (Å²) in [7, 11) is 0. The van der Waals surface area contributed by atoms with E-state index >= 15 is 0 Å². The molecule has 1 heterocycles. The van der Waals surface area contributed by atoms with E-state index < -0.39 is 4.92 Å².